The third kappa shape index (κ3) is 3.89. The van der Waals surface area contributed by atoms with Crippen LogP contribution in [-0.2, 0) is 13.0 Å². The molecule has 2 aromatic carbocycles. The van der Waals surface area contributed by atoms with Gasteiger partial charge in [-0.2, -0.15) is 0 Å². The van der Waals surface area contributed by atoms with E-state index in [4.69, 9.17) is 0 Å². The summed E-state index contributed by atoms with van der Waals surface area (Å²) in [5.41, 5.74) is 2.43. The monoisotopic (exact) mass is 353 g/mol. The van der Waals surface area contributed by atoms with E-state index in [2.05, 4.69) is 40.3 Å². The van der Waals surface area contributed by atoms with E-state index >= 15 is 0 Å². The van der Waals surface area contributed by atoms with Crippen LogP contribution in [0.5, 0.6) is 0 Å². The molecule has 0 saturated heterocycles. The van der Waals surface area contributed by atoms with Crippen LogP contribution in [-0.4, -0.2) is 0 Å². The lowest BCUT2D eigenvalue weighted by Crippen LogP contribution is -2.19. The summed E-state index contributed by atoms with van der Waals surface area (Å²) < 4.78 is 27.8. The van der Waals surface area contributed by atoms with Crippen LogP contribution >= 0.6 is 15.9 Å². The standard InChI is InChI=1S/C17H18BrF2N/c1-3-12-4-6-13(7-5-12)11(2)21-10-14-16(19)9-8-15(18)17(14)20/h4-9,11,21H,3,10H2,1-2H3. The SMILES string of the molecule is CCc1ccc(C(C)NCc2c(F)ccc(Br)c2F)cc1. The van der Waals surface area contributed by atoms with Gasteiger partial charge in [0.2, 0.25) is 0 Å². The lowest BCUT2D eigenvalue weighted by molar-refractivity contribution is 0.506. The molecule has 0 fully saturated rings. The van der Waals surface area contributed by atoms with Crippen molar-refractivity contribution in [1.82, 2.24) is 5.32 Å². The summed E-state index contributed by atoms with van der Waals surface area (Å²) in [6, 6.07) is 10.9. The molecule has 0 heterocycles. The quantitative estimate of drug-likeness (QED) is 0.733. The minimum atomic E-state index is -0.545. The second-order valence-electron chi connectivity index (χ2n) is 5.02. The van der Waals surface area contributed by atoms with Crippen molar-refractivity contribution >= 4 is 15.9 Å². The molecule has 21 heavy (non-hydrogen) atoms. The molecule has 2 rings (SSSR count). The second kappa shape index (κ2) is 7.14. The van der Waals surface area contributed by atoms with Gasteiger partial charge in [-0.25, -0.2) is 8.78 Å². The highest BCUT2D eigenvalue weighted by atomic mass is 79.9. The third-order valence-corrected chi connectivity index (χ3v) is 4.22. The van der Waals surface area contributed by atoms with Crippen molar-refractivity contribution in [2.24, 2.45) is 0 Å². The Morgan fingerprint density at radius 2 is 1.76 bits per heavy atom. The van der Waals surface area contributed by atoms with Gasteiger partial charge in [0.25, 0.3) is 0 Å². The van der Waals surface area contributed by atoms with Gasteiger partial charge in [0, 0.05) is 18.2 Å². The number of benzene rings is 2. The normalized spacial score (nSPS) is 12.4. The molecule has 1 N–H and O–H groups in total. The molecule has 2 aromatic rings. The molecule has 0 aromatic heterocycles. The van der Waals surface area contributed by atoms with Crippen LogP contribution in [0.1, 0.15) is 36.6 Å². The molecule has 1 atom stereocenters. The summed E-state index contributed by atoms with van der Waals surface area (Å²) >= 11 is 3.08. The fourth-order valence-corrected chi connectivity index (χ4v) is 2.52. The Labute approximate surface area is 132 Å². The Bertz CT molecular complexity index is 611. The highest BCUT2D eigenvalue weighted by Gasteiger charge is 2.13. The Hall–Kier alpha value is -1.26. The van der Waals surface area contributed by atoms with Gasteiger partial charge < -0.3 is 5.32 Å². The average molecular weight is 354 g/mol. The smallest absolute Gasteiger partial charge is 0.144 e. The zero-order valence-electron chi connectivity index (χ0n) is 12.1. The van der Waals surface area contributed by atoms with E-state index in [-0.39, 0.29) is 22.6 Å². The minimum absolute atomic E-state index is 0.0219. The number of nitrogens with one attached hydrogen (secondary N) is 1. The Balaban J connectivity index is 2.07. The van der Waals surface area contributed by atoms with E-state index in [1.165, 1.54) is 17.7 Å². The van der Waals surface area contributed by atoms with Crippen LogP contribution < -0.4 is 5.32 Å². The van der Waals surface area contributed by atoms with Gasteiger partial charge in [-0.3, -0.25) is 0 Å². The summed E-state index contributed by atoms with van der Waals surface area (Å²) in [4.78, 5) is 0. The zero-order chi connectivity index (χ0) is 15.4. The van der Waals surface area contributed by atoms with E-state index in [9.17, 15) is 8.78 Å². The summed E-state index contributed by atoms with van der Waals surface area (Å²) in [6.45, 7) is 4.23. The average Bonchev–Trinajstić information content (AvgIpc) is 2.51. The van der Waals surface area contributed by atoms with E-state index in [0.717, 1.165) is 12.0 Å². The van der Waals surface area contributed by atoms with Gasteiger partial charge >= 0.3 is 0 Å². The van der Waals surface area contributed by atoms with Crippen LogP contribution in [0.4, 0.5) is 8.78 Å². The first-order valence-electron chi connectivity index (χ1n) is 6.97. The van der Waals surface area contributed by atoms with Crippen LogP contribution in [0.15, 0.2) is 40.9 Å². The third-order valence-electron chi connectivity index (χ3n) is 3.61. The largest absolute Gasteiger partial charge is 0.306 e. The lowest BCUT2D eigenvalue weighted by atomic mass is 10.0. The lowest BCUT2D eigenvalue weighted by Gasteiger charge is -2.16. The van der Waals surface area contributed by atoms with Crippen LogP contribution in [0.3, 0.4) is 0 Å². The molecule has 112 valence electrons. The molecule has 0 radical (unpaired) electrons. The fraction of sp³-hybridized carbons (Fsp3) is 0.294. The molecule has 4 heteroatoms. The van der Waals surface area contributed by atoms with Crippen LogP contribution in [0.2, 0.25) is 0 Å². The van der Waals surface area contributed by atoms with Crippen LogP contribution in [0.25, 0.3) is 0 Å². The Kier molecular flexibility index (Phi) is 5.48. The van der Waals surface area contributed by atoms with Crippen molar-refractivity contribution in [3.8, 4) is 0 Å². The Morgan fingerprint density at radius 1 is 1.10 bits per heavy atom. The molecule has 0 aliphatic rings. The summed E-state index contributed by atoms with van der Waals surface area (Å²) in [5, 5.41) is 3.16. The highest BCUT2D eigenvalue weighted by molar-refractivity contribution is 9.10. The van der Waals surface area contributed by atoms with Gasteiger partial charge in [-0.05, 0) is 52.5 Å². The minimum Gasteiger partial charge on any atom is -0.306 e. The van der Waals surface area contributed by atoms with E-state index in [1.54, 1.807) is 0 Å². The van der Waals surface area contributed by atoms with Gasteiger partial charge in [0.05, 0.1) is 4.47 Å². The molecule has 0 saturated carbocycles. The molecule has 0 spiro atoms. The summed E-state index contributed by atoms with van der Waals surface area (Å²) in [6.07, 6.45) is 0.997. The molecule has 0 amide bonds. The highest BCUT2D eigenvalue weighted by Crippen LogP contribution is 2.22. The molecule has 0 bridgehead atoms. The summed E-state index contributed by atoms with van der Waals surface area (Å²) in [5.74, 6) is -1.08. The summed E-state index contributed by atoms with van der Waals surface area (Å²) in [7, 11) is 0. The van der Waals surface area contributed by atoms with E-state index in [0.29, 0.717) is 0 Å². The molecule has 1 unspecified atom stereocenters. The van der Waals surface area contributed by atoms with Crippen molar-refractivity contribution in [3.05, 3.63) is 69.2 Å². The van der Waals surface area contributed by atoms with Gasteiger partial charge in [0.1, 0.15) is 11.6 Å². The number of halogens is 3. The molecular weight excluding hydrogens is 336 g/mol. The maximum Gasteiger partial charge on any atom is 0.144 e. The second-order valence-corrected chi connectivity index (χ2v) is 5.87. The van der Waals surface area contributed by atoms with Gasteiger partial charge in [-0.1, -0.05) is 31.2 Å². The number of rotatable bonds is 5. The van der Waals surface area contributed by atoms with Crippen molar-refractivity contribution in [2.45, 2.75) is 32.9 Å². The molecular formula is C17H18BrF2N. The first-order chi connectivity index (χ1) is 10.0. The first kappa shape index (κ1) is 16.1. The molecule has 1 nitrogen and oxygen atoms in total. The Morgan fingerprint density at radius 3 is 2.38 bits per heavy atom. The predicted octanol–water partition coefficient (Wildman–Crippen LogP) is 5.14. The molecule has 0 aliphatic carbocycles. The number of aryl methyl sites for hydroxylation is 1. The zero-order valence-corrected chi connectivity index (χ0v) is 13.7. The van der Waals surface area contributed by atoms with Gasteiger partial charge in [0.15, 0.2) is 0 Å². The maximum atomic E-state index is 13.9. The fourth-order valence-electron chi connectivity index (χ4n) is 2.15. The first-order valence-corrected chi connectivity index (χ1v) is 7.76. The van der Waals surface area contributed by atoms with Crippen molar-refractivity contribution in [2.75, 3.05) is 0 Å². The van der Waals surface area contributed by atoms with Crippen molar-refractivity contribution < 1.29 is 8.78 Å². The number of hydrogen-bond acceptors (Lipinski definition) is 1. The predicted molar refractivity (Wildman–Crippen MR) is 85.1 cm³/mol. The van der Waals surface area contributed by atoms with E-state index in [1.807, 2.05) is 19.1 Å². The van der Waals surface area contributed by atoms with E-state index < -0.39 is 11.6 Å². The van der Waals surface area contributed by atoms with Crippen molar-refractivity contribution in [1.29, 1.82) is 0 Å². The van der Waals surface area contributed by atoms with Crippen molar-refractivity contribution in [3.63, 3.8) is 0 Å². The number of hydrogen-bond donors (Lipinski definition) is 1. The topological polar surface area (TPSA) is 12.0 Å². The molecule has 0 aliphatic heterocycles. The van der Waals surface area contributed by atoms with Crippen LogP contribution in [0, 0.1) is 11.6 Å². The maximum absolute atomic E-state index is 13.9. The van der Waals surface area contributed by atoms with Gasteiger partial charge in [-0.15, -0.1) is 0 Å².